The molecule has 0 unspecified atom stereocenters. The highest BCUT2D eigenvalue weighted by Gasteiger charge is 2.10. The number of rotatable bonds is 2. The lowest BCUT2D eigenvalue weighted by molar-refractivity contribution is 1.42. The number of nitrogens with one attached hydrogen (secondary N) is 1. The predicted molar refractivity (Wildman–Crippen MR) is 75.1 cm³/mol. The van der Waals surface area contributed by atoms with Crippen molar-refractivity contribution in [3.8, 4) is 21.1 Å². The molecule has 80 valence electrons. The van der Waals surface area contributed by atoms with Crippen molar-refractivity contribution in [3.05, 3.63) is 45.6 Å². The molecule has 3 aromatic rings. The maximum atomic E-state index is 3.60. The van der Waals surface area contributed by atoms with Crippen molar-refractivity contribution in [2.24, 2.45) is 0 Å². The Morgan fingerprint density at radius 3 is 2.31 bits per heavy atom. The third-order valence-electron chi connectivity index (χ3n) is 2.32. The van der Waals surface area contributed by atoms with Crippen LogP contribution in [0.2, 0.25) is 0 Å². The molecule has 0 saturated heterocycles. The second-order valence-corrected chi connectivity index (χ2v) is 6.11. The van der Waals surface area contributed by atoms with Gasteiger partial charge >= 0.3 is 0 Å². The number of hydrogen-bond donors (Lipinski definition) is 1. The van der Waals surface area contributed by atoms with E-state index in [4.69, 9.17) is 0 Å². The number of halogens is 1. The first kappa shape index (κ1) is 10.3. The molecule has 0 aliphatic heterocycles. The molecule has 1 N–H and O–H groups in total. The third kappa shape index (κ3) is 1.77. The van der Waals surface area contributed by atoms with E-state index in [9.17, 15) is 0 Å². The Labute approximate surface area is 110 Å². The fraction of sp³-hybridized carbons (Fsp3) is 0. The Kier molecular flexibility index (Phi) is 2.71. The highest BCUT2D eigenvalue weighted by molar-refractivity contribution is 9.10. The van der Waals surface area contributed by atoms with E-state index >= 15 is 0 Å². The van der Waals surface area contributed by atoms with Gasteiger partial charge in [-0.3, -0.25) is 0 Å². The van der Waals surface area contributed by atoms with Crippen molar-refractivity contribution in [2.45, 2.75) is 0 Å². The summed E-state index contributed by atoms with van der Waals surface area (Å²) in [6.07, 6.45) is 0. The Morgan fingerprint density at radius 2 is 1.69 bits per heavy atom. The zero-order chi connectivity index (χ0) is 11.0. The van der Waals surface area contributed by atoms with Crippen molar-refractivity contribution in [2.75, 3.05) is 0 Å². The summed E-state index contributed by atoms with van der Waals surface area (Å²) in [5.74, 6) is 0. The van der Waals surface area contributed by atoms with Gasteiger partial charge in [-0.25, -0.2) is 0 Å². The number of aromatic nitrogens is 1. The van der Waals surface area contributed by atoms with Gasteiger partial charge in [0, 0.05) is 4.47 Å². The van der Waals surface area contributed by atoms with Crippen molar-refractivity contribution in [1.29, 1.82) is 0 Å². The smallest absolute Gasteiger partial charge is 0.0704 e. The van der Waals surface area contributed by atoms with Crippen molar-refractivity contribution in [3.63, 3.8) is 0 Å². The quantitative estimate of drug-likeness (QED) is 0.667. The molecule has 0 aliphatic rings. The van der Waals surface area contributed by atoms with Crippen LogP contribution in [0.1, 0.15) is 0 Å². The minimum atomic E-state index is 1.12. The third-order valence-corrected chi connectivity index (χ3v) is 4.74. The molecule has 1 nitrogen and oxygen atoms in total. The standard InChI is InChI=1S/C12H8BrNS2/c13-8-7-9(10-3-1-5-15-10)14-12(8)11-4-2-6-16-11/h1-7,14H. The van der Waals surface area contributed by atoms with Crippen LogP contribution in [0.25, 0.3) is 21.1 Å². The van der Waals surface area contributed by atoms with E-state index < -0.39 is 0 Å². The van der Waals surface area contributed by atoms with Gasteiger partial charge in [-0.2, -0.15) is 0 Å². The summed E-state index contributed by atoms with van der Waals surface area (Å²) >= 11 is 7.09. The molecule has 0 bridgehead atoms. The van der Waals surface area contributed by atoms with E-state index in [1.807, 2.05) is 0 Å². The molecule has 0 radical (unpaired) electrons. The zero-order valence-electron chi connectivity index (χ0n) is 8.24. The molecule has 3 heterocycles. The maximum absolute atomic E-state index is 3.60. The summed E-state index contributed by atoms with van der Waals surface area (Å²) in [6, 6.07) is 10.5. The molecule has 0 spiro atoms. The molecular formula is C12H8BrNS2. The first-order valence-corrected chi connectivity index (χ1v) is 7.36. The normalized spacial score (nSPS) is 10.8. The van der Waals surface area contributed by atoms with Gasteiger partial charge < -0.3 is 4.98 Å². The van der Waals surface area contributed by atoms with Gasteiger partial charge in [0.05, 0.1) is 21.1 Å². The second-order valence-electron chi connectivity index (χ2n) is 3.36. The minimum absolute atomic E-state index is 1.12. The molecule has 16 heavy (non-hydrogen) atoms. The maximum Gasteiger partial charge on any atom is 0.0704 e. The summed E-state index contributed by atoms with van der Waals surface area (Å²) in [6.45, 7) is 0. The van der Waals surface area contributed by atoms with Crippen molar-refractivity contribution >= 4 is 38.6 Å². The average Bonchev–Trinajstić information content (AvgIpc) is 2.97. The average molecular weight is 310 g/mol. The van der Waals surface area contributed by atoms with Crippen LogP contribution in [0.15, 0.2) is 45.6 Å². The molecule has 4 heteroatoms. The van der Waals surface area contributed by atoms with Crippen LogP contribution in [-0.2, 0) is 0 Å². The Hall–Kier alpha value is -0.840. The van der Waals surface area contributed by atoms with Gasteiger partial charge in [0.2, 0.25) is 0 Å². The highest BCUT2D eigenvalue weighted by atomic mass is 79.9. The van der Waals surface area contributed by atoms with E-state index in [2.05, 4.69) is 62.0 Å². The molecule has 0 aromatic carbocycles. The van der Waals surface area contributed by atoms with Crippen LogP contribution < -0.4 is 0 Å². The summed E-state index contributed by atoms with van der Waals surface area (Å²) in [7, 11) is 0. The minimum Gasteiger partial charge on any atom is -0.352 e. The Balaban J connectivity index is 2.09. The number of thiophene rings is 2. The first-order valence-electron chi connectivity index (χ1n) is 4.81. The van der Waals surface area contributed by atoms with Gasteiger partial charge in [0.25, 0.3) is 0 Å². The lowest BCUT2D eigenvalue weighted by Gasteiger charge is -1.93. The molecule has 0 fully saturated rings. The molecule has 0 amide bonds. The lowest BCUT2D eigenvalue weighted by atomic mass is 10.3. The van der Waals surface area contributed by atoms with Gasteiger partial charge in [-0.15, -0.1) is 22.7 Å². The monoisotopic (exact) mass is 309 g/mol. The van der Waals surface area contributed by atoms with E-state index in [0.717, 1.165) is 4.47 Å². The SMILES string of the molecule is Brc1cc(-c2cccs2)[nH]c1-c1cccs1. The van der Waals surface area contributed by atoms with Crippen LogP contribution in [0.3, 0.4) is 0 Å². The van der Waals surface area contributed by atoms with E-state index in [1.165, 1.54) is 21.1 Å². The summed E-state index contributed by atoms with van der Waals surface area (Å²) in [5.41, 5.74) is 2.34. The van der Waals surface area contributed by atoms with Crippen LogP contribution in [0, 0.1) is 0 Å². The summed E-state index contributed by atoms with van der Waals surface area (Å²) < 4.78 is 1.12. The van der Waals surface area contributed by atoms with Crippen molar-refractivity contribution in [1.82, 2.24) is 4.98 Å². The van der Waals surface area contributed by atoms with Gasteiger partial charge in [-0.1, -0.05) is 12.1 Å². The van der Waals surface area contributed by atoms with Crippen LogP contribution >= 0.6 is 38.6 Å². The fourth-order valence-corrected chi connectivity index (χ4v) is 3.70. The first-order chi connectivity index (χ1) is 7.84. The van der Waals surface area contributed by atoms with Crippen LogP contribution in [0.5, 0.6) is 0 Å². The van der Waals surface area contributed by atoms with Gasteiger partial charge in [0.15, 0.2) is 0 Å². The molecule has 3 aromatic heterocycles. The molecule has 0 saturated carbocycles. The van der Waals surface area contributed by atoms with Gasteiger partial charge in [0.1, 0.15) is 0 Å². The summed E-state index contributed by atoms with van der Waals surface area (Å²) in [5, 5.41) is 4.18. The largest absolute Gasteiger partial charge is 0.352 e. The highest BCUT2D eigenvalue weighted by Crippen LogP contribution is 2.35. The predicted octanol–water partition coefficient (Wildman–Crippen LogP) is 5.23. The Bertz CT molecular complexity index is 579. The molecular weight excluding hydrogens is 302 g/mol. The van der Waals surface area contributed by atoms with Gasteiger partial charge in [-0.05, 0) is 44.9 Å². The molecule has 0 atom stereocenters. The van der Waals surface area contributed by atoms with Crippen LogP contribution in [0.4, 0.5) is 0 Å². The fourth-order valence-electron chi connectivity index (χ4n) is 1.59. The Morgan fingerprint density at radius 1 is 1.00 bits per heavy atom. The van der Waals surface area contributed by atoms with E-state index in [1.54, 1.807) is 22.7 Å². The van der Waals surface area contributed by atoms with Crippen LogP contribution in [-0.4, -0.2) is 4.98 Å². The lowest BCUT2D eigenvalue weighted by Crippen LogP contribution is -1.73. The number of H-pyrrole nitrogens is 1. The summed E-state index contributed by atoms with van der Waals surface area (Å²) in [4.78, 5) is 5.99. The molecule has 3 rings (SSSR count). The topological polar surface area (TPSA) is 15.8 Å². The second kappa shape index (κ2) is 4.20. The number of hydrogen-bond acceptors (Lipinski definition) is 2. The van der Waals surface area contributed by atoms with E-state index in [0.29, 0.717) is 0 Å². The van der Waals surface area contributed by atoms with Crippen molar-refractivity contribution < 1.29 is 0 Å². The number of aromatic amines is 1. The van der Waals surface area contributed by atoms with E-state index in [-0.39, 0.29) is 0 Å². The molecule has 0 aliphatic carbocycles. The zero-order valence-corrected chi connectivity index (χ0v) is 11.5.